The Hall–Kier alpha value is -3.80. The molecule has 2 aromatic heterocycles. The molecule has 0 aliphatic heterocycles. The first-order chi connectivity index (χ1) is 15.0. The van der Waals surface area contributed by atoms with Gasteiger partial charge < -0.3 is 5.11 Å². The number of benzene rings is 2. The maximum absolute atomic E-state index is 13.1. The van der Waals surface area contributed by atoms with Gasteiger partial charge in [0.25, 0.3) is 0 Å². The molecule has 0 amide bonds. The van der Waals surface area contributed by atoms with Crippen LogP contribution in [0.15, 0.2) is 91.1 Å². The molecule has 0 saturated heterocycles. The molecule has 4 rings (SSSR count). The van der Waals surface area contributed by atoms with Crippen molar-refractivity contribution < 1.29 is 39.6 Å². The molecule has 0 aliphatic rings. The van der Waals surface area contributed by atoms with Crippen molar-refractivity contribution in [2.45, 2.75) is 0 Å². The minimum absolute atomic E-state index is 0. The Morgan fingerprint density at radius 2 is 1.19 bits per heavy atom. The molecular formula is C25H16IrN2O4. The number of carboxylic acids is 1. The summed E-state index contributed by atoms with van der Waals surface area (Å²) in [6.45, 7) is 0. The fraction of sp³-hybridized carbons (Fsp3) is 0. The van der Waals surface area contributed by atoms with E-state index in [0.717, 1.165) is 0 Å². The van der Waals surface area contributed by atoms with Gasteiger partial charge in [-0.05, 0) is 24.3 Å². The first kappa shape index (κ1) is 22.9. The van der Waals surface area contributed by atoms with Gasteiger partial charge in [-0.15, -0.1) is 0 Å². The fourth-order valence-corrected chi connectivity index (χ4v) is 3.11. The number of hydrogen-bond acceptors (Lipinski definition) is 5. The van der Waals surface area contributed by atoms with E-state index in [2.05, 4.69) is 9.97 Å². The van der Waals surface area contributed by atoms with Gasteiger partial charge in [0.15, 0.2) is 5.78 Å². The summed E-state index contributed by atoms with van der Waals surface area (Å²) in [5, 5.41) is 9.28. The van der Waals surface area contributed by atoms with Crippen LogP contribution in [0.25, 0.3) is 11.4 Å². The average Bonchev–Trinajstić information content (AvgIpc) is 2.84. The predicted molar refractivity (Wildman–Crippen MR) is 114 cm³/mol. The molecule has 0 fully saturated rings. The molecule has 2 aromatic carbocycles. The largest absolute Gasteiger partial charge is 0.478 e. The number of carbonyl (C=O) groups is 3. The Morgan fingerprint density at radius 1 is 0.625 bits per heavy atom. The number of carboxylic acid groups (broad SMARTS) is 1. The summed E-state index contributed by atoms with van der Waals surface area (Å²) < 4.78 is 0. The van der Waals surface area contributed by atoms with E-state index in [9.17, 15) is 19.5 Å². The summed E-state index contributed by atoms with van der Waals surface area (Å²) in [5.41, 5.74) is 1.75. The molecule has 0 atom stereocenters. The Balaban J connectivity index is 0.00000289. The van der Waals surface area contributed by atoms with Crippen molar-refractivity contribution in [3.05, 3.63) is 119 Å². The normalized spacial score (nSPS) is 10.1. The average molecular weight is 601 g/mol. The van der Waals surface area contributed by atoms with Crippen LogP contribution in [0.4, 0.5) is 0 Å². The van der Waals surface area contributed by atoms with Gasteiger partial charge in [0.2, 0.25) is 5.78 Å². The first-order valence-electron chi connectivity index (χ1n) is 9.44. The van der Waals surface area contributed by atoms with Crippen LogP contribution in [0.5, 0.6) is 0 Å². The monoisotopic (exact) mass is 601 g/mol. The van der Waals surface area contributed by atoms with E-state index in [0.29, 0.717) is 11.1 Å². The smallest absolute Gasteiger partial charge is 0.335 e. The fourth-order valence-electron chi connectivity index (χ4n) is 3.11. The van der Waals surface area contributed by atoms with E-state index in [1.807, 2.05) is 0 Å². The molecule has 7 heteroatoms. The Bertz CT molecular complexity index is 1220. The summed E-state index contributed by atoms with van der Waals surface area (Å²) in [4.78, 5) is 46.0. The van der Waals surface area contributed by atoms with Gasteiger partial charge in [0, 0.05) is 43.0 Å². The molecule has 6 nitrogen and oxygen atoms in total. The van der Waals surface area contributed by atoms with Crippen LogP contribution < -0.4 is 0 Å². The summed E-state index contributed by atoms with van der Waals surface area (Å²) >= 11 is 0. The van der Waals surface area contributed by atoms with Crippen LogP contribution >= 0.6 is 0 Å². The van der Waals surface area contributed by atoms with E-state index in [1.54, 1.807) is 60.7 Å². The van der Waals surface area contributed by atoms with Crippen LogP contribution in [0.1, 0.15) is 42.3 Å². The molecule has 0 bridgehead atoms. The molecule has 0 spiro atoms. The van der Waals surface area contributed by atoms with Crippen molar-refractivity contribution in [1.29, 1.82) is 0 Å². The number of carbonyl (C=O) groups excluding carboxylic acids is 2. The van der Waals surface area contributed by atoms with E-state index in [-0.39, 0.29) is 59.9 Å². The van der Waals surface area contributed by atoms with Crippen molar-refractivity contribution in [3.63, 3.8) is 0 Å². The minimum atomic E-state index is -1.11. The molecular weight excluding hydrogens is 585 g/mol. The third kappa shape index (κ3) is 4.91. The number of hydrogen-bond donors (Lipinski definition) is 1. The Labute approximate surface area is 197 Å². The third-order valence-corrected chi connectivity index (χ3v) is 4.66. The molecule has 2 heterocycles. The second kappa shape index (κ2) is 10.0. The van der Waals surface area contributed by atoms with Crippen LogP contribution in [0.3, 0.4) is 0 Å². The third-order valence-electron chi connectivity index (χ3n) is 4.66. The standard InChI is InChI=1S/C25H16N2O4.Ir/c28-23(16-7-3-1-4-8-16)19-14-21(20-13-18(25(30)31)11-12-26-20)27-22(15-19)24(29)17-9-5-2-6-10-17;/h1-15H,(H,30,31);. The van der Waals surface area contributed by atoms with Crippen LogP contribution in [0.2, 0.25) is 0 Å². The number of aromatic nitrogens is 2. The molecule has 159 valence electrons. The first-order valence-corrected chi connectivity index (χ1v) is 9.44. The number of ketones is 2. The second-order valence-electron chi connectivity index (χ2n) is 6.75. The van der Waals surface area contributed by atoms with Crippen molar-refractivity contribution in [2.24, 2.45) is 0 Å². The quantitative estimate of drug-likeness (QED) is 0.332. The topological polar surface area (TPSA) is 97.2 Å². The molecule has 4 aromatic rings. The van der Waals surface area contributed by atoms with Gasteiger partial charge >= 0.3 is 5.97 Å². The summed E-state index contributed by atoms with van der Waals surface area (Å²) in [6, 6.07) is 23.0. The van der Waals surface area contributed by atoms with Crippen LogP contribution in [0, 0.1) is 0 Å². The van der Waals surface area contributed by atoms with Crippen molar-refractivity contribution in [3.8, 4) is 11.4 Å². The molecule has 0 unspecified atom stereocenters. The number of aromatic carboxylic acids is 1. The number of nitrogens with zero attached hydrogens (tertiary/aromatic N) is 2. The van der Waals surface area contributed by atoms with E-state index in [1.165, 1.54) is 30.5 Å². The van der Waals surface area contributed by atoms with Gasteiger partial charge in [-0.1, -0.05) is 60.7 Å². The second-order valence-corrected chi connectivity index (χ2v) is 6.75. The SMILES string of the molecule is O=C(O)c1ccnc(-c2cc(C(=O)c3ccccc3)cc(C(=O)c3ccccc3)n2)c1.[Ir]. The predicted octanol–water partition coefficient (Wildman–Crippen LogP) is 4.30. The molecule has 1 N–H and O–H groups in total. The molecule has 32 heavy (non-hydrogen) atoms. The van der Waals surface area contributed by atoms with Crippen LogP contribution in [-0.2, 0) is 20.1 Å². The zero-order valence-electron chi connectivity index (χ0n) is 16.6. The molecule has 0 saturated carbocycles. The Morgan fingerprint density at radius 3 is 1.78 bits per heavy atom. The van der Waals surface area contributed by atoms with E-state index >= 15 is 0 Å². The summed E-state index contributed by atoms with van der Waals surface area (Å²) in [6.07, 6.45) is 1.35. The molecule has 0 aliphatic carbocycles. The van der Waals surface area contributed by atoms with Crippen molar-refractivity contribution >= 4 is 17.5 Å². The number of pyridine rings is 2. The number of rotatable bonds is 6. The summed E-state index contributed by atoms with van der Waals surface area (Å²) in [5.74, 6) is -1.74. The van der Waals surface area contributed by atoms with Gasteiger partial charge in [0.1, 0.15) is 5.69 Å². The van der Waals surface area contributed by atoms with Crippen molar-refractivity contribution in [1.82, 2.24) is 9.97 Å². The van der Waals surface area contributed by atoms with Gasteiger partial charge in [-0.2, -0.15) is 0 Å². The van der Waals surface area contributed by atoms with E-state index < -0.39 is 5.97 Å². The van der Waals surface area contributed by atoms with Gasteiger partial charge in [-0.3, -0.25) is 14.6 Å². The van der Waals surface area contributed by atoms with Gasteiger partial charge in [0.05, 0.1) is 17.0 Å². The minimum Gasteiger partial charge on any atom is -0.478 e. The van der Waals surface area contributed by atoms with E-state index in [4.69, 9.17) is 0 Å². The van der Waals surface area contributed by atoms with Crippen LogP contribution in [-0.4, -0.2) is 32.6 Å². The van der Waals surface area contributed by atoms with Crippen molar-refractivity contribution in [2.75, 3.05) is 0 Å². The Kier molecular flexibility index (Phi) is 7.15. The zero-order valence-corrected chi connectivity index (χ0v) is 19.0. The summed E-state index contributed by atoms with van der Waals surface area (Å²) in [7, 11) is 0. The van der Waals surface area contributed by atoms with Gasteiger partial charge in [-0.25, -0.2) is 9.78 Å². The zero-order chi connectivity index (χ0) is 21.8. The maximum Gasteiger partial charge on any atom is 0.335 e. The maximum atomic E-state index is 13.1. The molecule has 1 radical (unpaired) electrons.